The second-order valence-corrected chi connectivity index (χ2v) is 7.37. The first-order valence-corrected chi connectivity index (χ1v) is 9.56. The maximum atomic E-state index is 12.6. The monoisotopic (exact) mass is 395 g/mol. The fraction of sp³-hybridized carbons (Fsp3) is 0.348. The summed E-state index contributed by atoms with van der Waals surface area (Å²) in [4.78, 5) is 39.2. The van der Waals surface area contributed by atoms with Crippen molar-refractivity contribution in [1.82, 2.24) is 0 Å². The summed E-state index contributed by atoms with van der Waals surface area (Å²) in [6.07, 6.45) is -0.851. The second-order valence-electron chi connectivity index (χ2n) is 7.37. The Morgan fingerprint density at radius 1 is 1.10 bits per heavy atom. The summed E-state index contributed by atoms with van der Waals surface area (Å²) >= 11 is 0. The summed E-state index contributed by atoms with van der Waals surface area (Å²) in [5.41, 5.74) is 3.33. The number of Topliss-reactive ketones (excluding diaryl/α,β-unsaturated/α-hetero) is 1. The molecule has 0 unspecified atom stereocenters. The highest BCUT2D eigenvalue weighted by Gasteiger charge is 2.37. The molecule has 1 fully saturated rings. The van der Waals surface area contributed by atoms with Gasteiger partial charge in [0.25, 0.3) is 0 Å². The van der Waals surface area contributed by atoms with E-state index in [2.05, 4.69) is 0 Å². The number of esters is 1. The lowest BCUT2D eigenvalue weighted by atomic mass is 10.1. The predicted molar refractivity (Wildman–Crippen MR) is 109 cm³/mol. The van der Waals surface area contributed by atoms with Gasteiger partial charge in [0.15, 0.2) is 6.10 Å². The number of nitrogens with zero attached hydrogens (tertiary/aromatic N) is 1. The number of ketones is 1. The minimum absolute atomic E-state index is 0.0790. The van der Waals surface area contributed by atoms with Crippen LogP contribution in [0.2, 0.25) is 0 Å². The Hall–Kier alpha value is -3.15. The highest BCUT2D eigenvalue weighted by atomic mass is 16.5. The molecule has 0 bridgehead atoms. The average molecular weight is 395 g/mol. The van der Waals surface area contributed by atoms with Crippen LogP contribution in [-0.2, 0) is 14.3 Å². The molecule has 0 saturated carbocycles. The van der Waals surface area contributed by atoms with Gasteiger partial charge in [-0.2, -0.15) is 0 Å². The number of ether oxygens (including phenoxy) is 2. The van der Waals surface area contributed by atoms with Gasteiger partial charge in [0, 0.05) is 24.2 Å². The van der Waals surface area contributed by atoms with Crippen LogP contribution in [0, 0.1) is 19.8 Å². The first-order chi connectivity index (χ1) is 13.8. The van der Waals surface area contributed by atoms with Crippen LogP contribution in [0.3, 0.4) is 0 Å². The van der Waals surface area contributed by atoms with Gasteiger partial charge >= 0.3 is 5.97 Å². The molecule has 1 aliphatic rings. The molecule has 0 aromatic heterocycles. The van der Waals surface area contributed by atoms with Crippen LogP contribution in [0.4, 0.5) is 5.69 Å². The van der Waals surface area contributed by atoms with E-state index in [1.165, 1.54) is 0 Å². The first-order valence-electron chi connectivity index (χ1n) is 9.56. The summed E-state index contributed by atoms with van der Waals surface area (Å²) in [6.45, 7) is 5.73. The Bertz CT molecular complexity index is 935. The lowest BCUT2D eigenvalue weighted by Gasteiger charge is -2.20. The average Bonchev–Trinajstić information content (AvgIpc) is 3.09. The first kappa shape index (κ1) is 20.6. The van der Waals surface area contributed by atoms with Crippen LogP contribution in [0.5, 0.6) is 5.75 Å². The van der Waals surface area contributed by atoms with E-state index in [1.807, 2.05) is 32.0 Å². The van der Waals surface area contributed by atoms with Gasteiger partial charge in [0.05, 0.1) is 13.0 Å². The van der Waals surface area contributed by atoms with Gasteiger partial charge in [-0.15, -0.1) is 0 Å². The van der Waals surface area contributed by atoms with Crippen LogP contribution >= 0.6 is 0 Å². The summed E-state index contributed by atoms with van der Waals surface area (Å²) in [5, 5.41) is 0. The minimum Gasteiger partial charge on any atom is -0.497 e. The van der Waals surface area contributed by atoms with Crippen molar-refractivity contribution in [3.8, 4) is 5.75 Å². The molecule has 152 valence electrons. The number of carbonyl (C=O) groups is 3. The van der Waals surface area contributed by atoms with Crippen molar-refractivity contribution in [2.75, 3.05) is 18.6 Å². The van der Waals surface area contributed by atoms with E-state index >= 15 is 0 Å². The van der Waals surface area contributed by atoms with Crippen molar-refractivity contribution in [3.05, 3.63) is 59.2 Å². The zero-order chi connectivity index (χ0) is 21.1. The molecule has 1 aliphatic heterocycles. The third-order valence-electron chi connectivity index (χ3n) is 5.14. The summed E-state index contributed by atoms with van der Waals surface area (Å²) < 4.78 is 10.5. The van der Waals surface area contributed by atoms with E-state index in [4.69, 9.17) is 9.47 Å². The highest BCUT2D eigenvalue weighted by molar-refractivity contribution is 6.02. The molecular weight excluding hydrogens is 370 g/mol. The molecular formula is C23H25NO5. The highest BCUT2D eigenvalue weighted by Crippen LogP contribution is 2.29. The van der Waals surface area contributed by atoms with Gasteiger partial charge in [-0.3, -0.25) is 14.4 Å². The number of amides is 1. The molecule has 3 rings (SSSR count). The van der Waals surface area contributed by atoms with Crippen molar-refractivity contribution in [2.45, 2.75) is 33.3 Å². The van der Waals surface area contributed by atoms with Crippen molar-refractivity contribution in [1.29, 1.82) is 0 Å². The van der Waals surface area contributed by atoms with Gasteiger partial charge < -0.3 is 14.4 Å². The summed E-state index contributed by atoms with van der Waals surface area (Å²) in [6, 6.07) is 12.5. The third-order valence-corrected chi connectivity index (χ3v) is 5.14. The Morgan fingerprint density at radius 3 is 2.41 bits per heavy atom. The van der Waals surface area contributed by atoms with E-state index in [0.717, 1.165) is 16.8 Å². The minimum atomic E-state index is -0.929. The normalized spacial score (nSPS) is 17.2. The molecule has 2 aromatic carbocycles. The van der Waals surface area contributed by atoms with Gasteiger partial charge in [-0.1, -0.05) is 17.7 Å². The Labute approximate surface area is 170 Å². The molecule has 0 aliphatic carbocycles. The van der Waals surface area contributed by atoms with Gasteiger partial charge in [-0.05, 0) is 56.7 Å². The zero-order valence-corrected chi connectivity index (χ0v) is 17.1. The van der Waals surface area contributed by atoms with Crippen molar-refractivity contribution in [2.24, 2.45) is 5.92 Å². The predicted octanol–water partition coefficient (Wildman–Crippen LogP) is 3.48. The fourth-order valence-corrected chi connectivity index (χ4v) is 3.52. The number of rotatable bonds is 6. The lowest BCUT2D eigenvalue weighted by Crippen LogP contribution is -2.30. The molecule has 2 atom stereocenters. The van der Waals surface area contributed by atoms with E-state index in [9.17, 15) is 14.4 Å². The van der Waals surface area contributed by atoms with Crippen LogP contribution in [0.1, 0.15) is 34.8 Å². The SMILES string of the molecule is COc1ccc(C(=O)[C@H](C)OC(=O)[C@@H]2CC(=O)N(c3ccc(C)cc3C)C2)cc1. The van der Waals surface area contributed by atoms with Gasteiger partial charge in [0.1, 0.15) is 5.75 Å². The van der Waals surface area contributed by atoms with Crippen LogP contribution < -0.4 is 9.64 Å². The Kier molecular flexibility index (Phi) is 6.01. The standard InChI is InChI=1S/C23H25NO5/c1-14-5-10-20(15(2)11-14)24-13-18(12-21(24)25)23(27)29-16(3)22(26)17-6-8-19(28-4)9-7-17/h5-11,16,18H,12-13H2,1-4H3/t16-,18+/m0/s1. The molecule has 0 spiro atoms. The zero-order valence-electron chi connectivity index (χ0n) is 17.1. The van der Waals surface area contributed by atoms with Crippen molar-refractivity contribution in [3.63, 3.8) is 0 Å². The Morgan fingerprint density at radius 2 is 1.79 bits per heavy atom. The maximum absolute atomic E-state index is 12.6. The largest absolute Gasteiger partial charge is 0.497 e. The third kappa shape index (κ3) is 4.47. The molecule has 29 heavy (non-hydrogen) atoms. The number of benzene rings is 2. The molecule has 0 radical (unpaired) electrons. The van der Waals surface area contributed by atoms with E-state index < -0.39 is 18.0 Å². The van der Waals surface area contributed by atoms with E-state index in [-0.39, 0.29) is 24.7 Å². The van der Waals surface area contributed by atoms with E-state index in [1.54, 1.807) is 43.2 Å². The molecule has 6 nitrogen and oxygen atoms in total. The number of hydrogen-bond donors (Lipinski definition) is 0. The second kappa shape index (κ2) is 8.47. The van der Waals surface area contributed by atoms with Crippen molar-refractivity contribution >= 4 is 23.3 Å². The molecule has 1 heterocycles. The molecule has 2 aromatic rings. The van der Waals surface area contributed by atoms with Gasteiger partial charge in [0.2, 0.25) is 11.7 Å². The summed E-state index contributed by atoms with van der Waals surface area (Å²) in [5.74, 6) is -0.888. The van der Waals surface area contributed by atoms with Crippen LogP contribution in [-0.4, -0.2) is 37.4 Å². The number of aryl methyl sites for hydroxylation is 2. The van der Waals surface area contributed by atoms with Gasteiger partial charge in [-0.25, -0.2) is 0 Å². The lowest BCUT2D eigenvalue weighted by molar-refractivity contribution is -0.151. The fourth-order valence-electron chi connectivity index (χ4n) is 3.52. The topological polar surface area (TPSA) is 72.9 Å². The van der Waals surface area contributed by atoms with Crippen LogP contribution in [0.15, 0.2) is 42.5 Å². The molecule has 1 saturated heterocycles. The molecule has 1 amide bonds. The number of anilines is 1. The smallest absolute Gasteiger partial charge is 0.312 e. The maximum Gasteiger partial charge on any atom is 0.312 e. The molecule has 0 N–H and O–H groups in total. The number of methoxy groups -OCH3 is 1. The molecule has 6 heteroatoms. The summed E-state index contributed by atoms with van der Waals surface area (Å²) in [7, 11) is 1.55. The quantitative estimate of drug-likeness (QED) is 0.553. The number of hydrogen-bond acceptors (Lipinski definition) is 5. The number of carbonyl (C=O) groups excluding carboxylic acids is 3. The van der Waals surface area contributed by atoms with Crippen molar-refractivity contribution < 1.29 is 23.9 Å². The Balaban J connectivity index is 1.64. The van der Waals surface area contributed by atoms with E-state index in [0.29, 0.717) is 11.3 Å². The van der Waals surface area contributed by atoms with Crippen LogP contribution in [0.25, 0.3) is 0 Å².